The zero-order chi connectivity index (χ0) is 27.6. The Balaban J connectivity index is 1.25. The van der Waals surface area contributed by atoms with Crippen LogP contribution in [-0.2, 0) is 13.0 Å². The molecule has 2 aliphatic heterocycles. The van der Waals surface area contributed by atoms with Crippen LogP contribution in [0.1, 0.15) is 54.0 Å². The first-order valence-electron chi connectivity index (χ1n) is 13.8. The standard InChI is InChI=1S/C32H38N2O5/c1-22-23(2)31-29(24(3)30(22)38-19-25-9-6-5-7-10-25)16-17-32(4,39-31)21-33-18-8-11-27(33)20-37-28-14-12-26(13-15-28)34(35)36/h5-7,9-10,12-15,27H,8,11,16-21H2,1-4H3. The molecular formula is C32H38N2O5. The maximum atomic E-state index is 10.9. The van der Waals surface area contributed by atoms with Gasteiger partial charge in [0.15, 0.2) is 0 Å². The molecule has 7 heteroatoms. The maximum absolute atomic E-state index is 10.9. The van der Waals surface area contributed by atoms with Gasteiger partial charge in [-0.1, -0.05) is 30.3 Å². The molecule has 2 aliphatic rings. The van der Waals surface area contributed by atoms with Gasteiger partial charge in [-0.3, -0.25) is 15.0 Å². The molecule has 39 heavy (non-hydrogen) atoms. The summed E-state index contributed by atoms with van der Waals surface area (Å²) in [5.74, 6) is 2.65. The van der Waals surface area contributed by atoms with Crippen molar-refractivity contribution >= 4 is 5.69 Å². The highest BCUT2D eigenvalue weighted by molar-refractivity contribution is 5.59. The fraction of sp³-hybridized carbons (Fsp3) is 0.438. The lowest BCUT2D eigenvalue weighted by molar-refractivity contribution is -0.384. The van der Waals surface area contributed by atoms with Crippen LogP contribution in [0.15, 0.2) is 54.6 Å². The number of hydrogen-bond acceptors (Lipinski definition) is 6. The topological polar surface area (TPSA) is 74.1 Å². The van der Waals surface area contributed by atoms with Gasteiger partial charge in [0.2, 0.25) is 0 Å². The predicted octanol–water partition coefficient (Wildman–Crippen LogP) is 6.73. The van der Waals surface area contributed by atoms with Crippen LogP contribution in [0.25, 0.3) is 0 Å². The molecule has 0 aromatic heterocycles. The highest BCUT2D eigenvalue weighted by atomic mass is 16.6. The molecule has 7 nitrogen and oxygen atoms in total. The molecule has 0 N–H and O–H groups in total. The van der Waals surface area contributed by atoms with Crippen LogP contribution >= 0.6 is 0 Å². The first-order valence-corrected chi connectivity index (χ1v) is 13.8. The molecule has 0 amide bonds. The molecule has 0 bridgehead atoms. The van der Waals surface area contributed by atoms with Gasteiger partial charge >= 0.3 is 0 Å². The van der Waals surface area contributed by atoms with Crippen molar-refractivity contribution < 1.29 is 19.1 Å². The number of benzene rings is 3. The van der Waals surface area contributed by atoms with E-state index in [-0.39, 0.29) is 11.3 Å². The molecule has 2 atom stereocenters. The molecule has 1 fully saturated rings. The van der Waals surface area contributed by atoms with Crippen LogP contribution in [0.2, 0.25) is 0 Å². The van der Waals surface area contributed by atoms with Crippen LogP contribution in [0.3, 0.4) is 0 Å². The summed E-state index contributed by atoms with van der Waals surface area (Å²) in [4.78, 5) is 13.0. The number of nitro groups is 1. The molecule has 5 rings (SSSR count). The van der Waals surface area contributed by atoms with E-state index in [1.165, 1.54) is 23.3 Å². The Morgan fingerprint density at radius 2 is 1.77 bits per heavy atom. The summed E-state index contributed by atoms with van der Waals surface area (Å²) in [6, 6.07) is 16.9. The third kappa shape index (κ3) is 5.88. The Labute approximate surface area is 230 Å². The van der Waals surface area contributed by atoms with Crippen molar-refractivity contribution in [1.82, 2.24) is 4.90 Å². The molecule has 0 radical (unpaired) electrons. The maximum Gasteiger partial charge on any atom is 0.269 e. The Hall–Kier alpha value is -3.58. The quantitative estimate of drug-likeness (QED) is 0.226. The first-order chi connectivity index (χ1) is 18.7. The molecular weight excluding hydrogens is 492 g/mol. The van der Waals surface area contributed by atoms with Gasteiger partial charge in [0.05, 0.1) is 4.92 Å². The summed E-state index contributed by atoms with van der Waals surface area (Å²) in [7, 11) is 0. The Bertz CT molecular complexity index is 1320. The Kier molecular flexibility index (Phi) is 7.80. The minimum atomic E-state index is -0.394. The van der Waals surface area contributed by atoms with Crippen molar-refractivity contribution in [3.63, 3.8) is 0 Å². The second-order valence-corrected chi connectivity index (χ2v) is 11.2. The van der Waals surface area contributed by atoms with Crippen molar-refractivity contribution in [1.29, 1.82) is 0 Å². The summed E-state index contributed by atoms with van der Waals surface area (Å²) in [5.41, 5.74) is 5.68. The van der Waals surface area contributed by atoms with Gasteiger partial charge in [0.25, 0.3) is 5.69 Å². The van der Waals surface area contributed by atoms with Crippen molar-refractivity contribution in [2.75, 3.05) is 19.7 Å². The van der Waals surface area contributed by atoms with Crippen molar-refractivity contribution in [2.45, 2.75) is 71.6 Å². The molecule has 3 aromatic rings. The SMILES string of the molecule is Cc1c(C)c2c(c(C)c1OCc1ccccc1)CCC(C)(CN1CCCC1COc1ccc([N+](=O)[O-])cc1)O2. The fourth-order valence-electron chi connectivity index (χ4n) is 5.92. The molecule has 0 aliphatic carbocycles. The van der Waals surface area contributed by atoms with Gasteiger partial charge in [0, 0.05) is 30.3 Å². The Morgan fingerprint density at radius 3 is 2.49 bits per heavy atom. The number of nitrogens with zero attached hydrogens (tertiary/aromatic N) is 2. The van der Waals surface area contributed by atoms with Crippen LogP contribution in [0.4, 0.5) is 5.69 Å². The number of nitro benzene ring substituents is 1. The molecule has 3 aromatic carbocycles. The van der Waals surface area contributed by atoms with E-state index in [1.807, 2.05) is 18.2 Å². The van der Waals surface area contributed by atoms with Gasteiger partial charge in [-0.05, 0) is 94.3 Å². The average molecular weight is 531 g/mol. The van der Waals surface area contributed by atoms with Crippen molar-refractivity contribution in [3.8, 4) is 17.2 Å². The minimum absolute atomic E-state index is 0.0724. The van der Waals surface area contributed by atoms with E-state index in [0.29, 0.717) is 25.0 Å². The van der Waals surface area contributed by atoms with Crippen LogP contribution < -0.4 is 14.2 Å². The summed E-state index contributed by atoms with van der Waals surface area (Å²) in [5, 5.41) is 10.9. The highest BCUT2D eigenvalue weighted by Crippen LogP contribution is 2.44. The normalized spacial score (nSPS) is 20.8. The van der Waals surface area contributed by atoms with Gasteiger partial charge in [0.1, 0.15) is 36.1 Å². The van der Waals surface area contributed by atoms with Gasteiger partial charge in [-0.2, -0.15) is 0 Å². The second-order valence-electron chi connectivity index (χ2n) is 11.2. The predicted molar refractivity (Wildman–Crippen MR) is 152 cm³/mol. The third-order valence-electron chi connectivity index (χ3n) is 8.32. The molecule has 1 saturated heterocycles. The number of hydrogen-bond donors (Lipinski definition) is 0. The van der Waals surface area contributed by atoms with E-state index in [9.17, 15) is 10.1 Å². The van der Waals surface area contributed by atoms with Crippen LogP contribution in [-0.4, -0.2) is 41.2 Å². The Morgan fingerprint density at radius 1 is 1.03 bits per heavy atom. The highest BCUT2D eigenvalue weighted by Gasteiger charge is 2.39. The minimum Gasteiger partial charge on any atom is -0.492 e. The lowest BCUT2D eigenvalue weighted by Crippen LogP contribution is -2.50. The van der Waals surface area contributed by atoms with E-state index < -0.39 is 4.92 Å². The first kappa shape index (κ1) is 27.0. The van der Waals surface area contributed by atoms with Gasteiger partial charge in [-0.25, -0.2) is 0 Å². The molecule has 2 unspecified atom stereocenters. The fourth-order valence-corrected chi connectivity index (χ4v) is 5.92. The monoisotopic (exact) mass is 530 g/mol. The largest absolute Gasteiger partial charge is 0.492 e. The third-order valence-corrected chi connectivity index (χ3v) is 8.32. The number of rotatable bonds is 9. The molecule has 2 heterocycles. The average Bonchev–Trinajstić information content (AvgIpc) is 3.37. The zero-order valence-corrected chi connectivity index (χ0v) is 23.4. The van der Waals surface area contributed by atoms with Crippen LogP contribution in [0.5, 0.6) is 17.2 Å². The summed E-state index contributed by atoms with van der Waals surface area (Å²) >= 11 is 0. The van der Waals surface area contributed by atoms with E-state index in [4.69, 9.17) is 14.2 Å². The lowest BCUT2D eigenvalue weighted by atomic mass is 9.86. The van der Waals surface area contributed by atoms with Crippen molar-refractivity contribution in [3.05, 3.63) is 92.5 Å². The molecule has 0 spiro atoms. The summed E-state index contributed by atoms with van der Waals surface area (Å²) in [6.07, 6.45) is 4.09. The smallest absolute Gasteiger partial charge is 0.269 e. The van der Waals surface area contributed by atoms with Gasteiger partial charge in [-0.15, -0.1) is 0 Å². The zero-order valence-electron chi connectivity index (χ0n) is 23.4. The van der Waals surface area contributed by atoms with Crippen molar-refractivity contribution in [2.24, 2.45) is 0 Å². The van der Waals surface area contributed by atoms with E-state index in [0.717, 1.165) is 67.0 Å². The number of ether oxygens (including phenoxy) is 3. The van der Waals surface area contributed by atoms with Crippen LogP contribution in [0, 0.1) is 30.9 Å². The summed E-state index contributed by atoms with van der Waals surface area (Å²) in [6.45, 7) is 11.6. The molecule has 206 valence electrons. The summed E-state index contributed by atoms with van der Waals surface area (Å²) < 4.78 is 19.2. The van der Waals surface area contributed by atoms with Gasteiger partial charge < -0.3 is 14.2 Å². The lowest BCUT2D eigenvalue weighted by Gasteiger charge is -2.41. The second kappa shape index (κ2) is 11.3. The van der Waals surface area contributed by atoms with E-state index >= 15 is 0 Å². The van der Waals surface area contributed by atoms with E-state index in [1.54, 1.807) is 12.1 Å². The number of non-ortho nitro benzene ring substituents is 1. The number of fused-ring (bicyclic) bond motifs is 1. The number of likely N-dealkylation sites (tertiary alicyclic amines) is 1. The molecule has 0 saturated carbocycles. The van der Waals surface area contributed by atoms with E-state index in [2.05, 4.69) is 44.7 Å².